The molecule has 0 radical (unpaired) electrons. The summed E-state index contributed by atoms with van der Waals surface area (Å²) in [5, 5.41) is 12.6. The lowest BCUT2D eigenvalue weighted by Gasteiger charge is -2.51. The number of benzene rings is 1. The van der Waals surface area contributed by atoms with Gasteiger partial charge >= 0.3 is 0 Å². The van der Waals surface area contributed by atoms with E-state index in [1.807, 2.05) is 11.0 Å². The van der Waals surface area contributed by atoms with Crippen LogP contribution < -0.4 is 0 Å². The van der Waals surface area contributed by atoms with Crippen LogP contribution in [0.2, 0.25) is 10.0 Å². The van der Waals surface area contributed by atoms with E-state index in [2.05, 4.69) is 25.1 Å². The molecular formula is C21H21Cl2N5O3. The first-order chi connectivity index (χ1) is 14.9. The number of amides is 1. The molecule has 1 amide bonds. The summed E-state index contributed by atoms with van der Waals surface area (Å²) < 4.78 is 10.2. The van der Waals surface area contributed by atoms with E-state index in [0.717, 1.165) is 44.3 Å². The molecule has 2 aromatic heterocycles. The molecule has 2 fully saturated rings. The fraction of sp³-hybridized carbons (Fsp3) is 0.476. The number of aromatic nitrogens is 4. The minimum absolute atomic E-state index is 0.0766. The Kier molecular flexibility index (Phi) is 5.22. The standard InChI is InChI=1S/C21H21Cl2N5O3/c1-12-17(26-31-25-12)9-18(29)28-6-4-21(5-7-28)10-14(11-21)20-24-19(27-30-20)13-2-3-15(22)16(23)8-13/h2-3,8,14H,4-7,9-11H2,1H3. The molecular weight excluding hydrogens is 441 g/mol. The third-order valence-corrected chi connectivity index (χ3v) is 7.31. The molecule has 0 unspecified atom stereocenters. The maximum absolute atomic E-state index is 12.6. The second-order valence-electron chi connectivity index (χ2n) is 8.54. The van der Waals surface area contributed by atoms with E-state index in [1.165, 1.54) is 0 Å². The molecule has 31 heavy (non-hydrogen) atoms. The summed E-state index contributed by atoms with van der Waals surface area (Å²) >= 11 is 12.1. The van der Waals surface area contributed by atoms with Gasteiger partial charge in [0.05, 0.1) is 16.5 Å². The van der Waals surface area contributed by atoms with Crippen LogP contribution in [0.1, 0.15) is 48.9 Å². The van der Waals surface area contributed by atoms with Gasteiger partial charge in [0, 0.05) is 24.6 Å². The average molecular weight is 462 g/mol. The van der Waals surface area contributed by atoms with Gasteiger partial charge in [0.1, 0.15) is 11.4 Å². The molecule has 1 aliphatic heterocycles. The Labute approximate surface area is 188 Å². The van der Waals surface area contributed by atoms with Gasteiger partial charge in [0.2, 0.25) is 17.6 Å². The Bertz CT molecular complexity index is 1110. The predicted octanol–water partition coefficient (Wildman–Crippen LogP) is 4.46. The summed E-state index contributed by atoms with van der Waals surface area (Å²) in [6.07, 6.45) is 4.22. The molecule has 1 aromatic carbocycles. The van der Waals surface area contributed by atoms with Crippen molar-refractivity contribution in [2.75, 3.05) is 13.1 Å². The van der Waals surface area contributed by atoms with E-state index in [1.54, 1.807) is 19.1 Å². The lowest BCUT2D eigenvalue weighted by molar-refractivity contribution is -0.134. The molecule has 0 atom stereocenters. The van der Waals surface area contributed by atoms with Crippen LogP contribution >= 0.6 is 23.2 Å². The molecule has 162 valence electrons. The predicted molar refractivity (Wildman–Crippen MR) is 113 cm³/mol. The van der Waals surface area contributed by atoms with Crippen molar-refractivity contribution in [2.24, 2.45) is 5.41 Å². The normalized spacial score (nSPS) is 18.4. The van der Waals surface area contributed by atoms with E-state index in [0.29, 0.717) is 33.1 Å². The molecule has 5 rings (SSSR count). The van der Waals surface area contributed by atoms with Gasteiger partial charge in [-0.05, 0) is 56.2 Å². The summed E-state index contributed by atoms with van der Waals surface area (Å²) in [4.78, 5) is 19.1. The number of hydrogen-bond donors (Lipinski definition) is 0. The van der Waals surface area contributed by atoms with Crippen LogP contribution in [-0.4, -0.2) is 44.4 Å². The summed E-state index contributed by atoms with van der Waals surface area (Å²) in [5.74, 6) is 1.52. The average Bonchev–Trinajstić information content (AvgIpc) is 3.38. The number of likely N-dealkylation sites (tertiary alicyclic amines) is 1. The molecule has 0 N–H and O–H groups in total. The van der Waals surface area contributed by atoms with E-state index in [4.69, 9.17) is 27.7 Å². The van der Waals surface area contributed by atoms with Crippen molar-refractivity contribution in [3.8, 4) is 11.4 Å². The van der Waals surface area contributed by atoms with Crippen molar-refractivity contribution in [3.05, 3.63) is 45.5 Å². The van der Waals surface area contributed by atoms with Crippen molar-refractivity contribution in [2.45, 2.75) is 44.9 Å². The van der Waals surface area contributed by atoms with Crippen LogP contribution in [0.4, 0.5) is 0 Å². The third-order valence-electron chi connectivity index (χ3n) is 6.57. The number of carbonyl (C=O) groups excluding carboxylic acids is 1. The Morgan fingerprint density at radius 3 is 2.61 bits per heavy atom. The molecule has 1 saturated carbocycles. The van der Waals surface area contributed by atoms with Crippen LogP contribution in [0.5, 0.6) is 0 Å². The summed E-state index contributed by atoms with van der Waals surface area (Å²) in [6, 6.07) is 5.29. The highest BCUT2D eigenvalue weighted by Gasteiger charge is 2.48. The molecule has 0 bridgehead atoms. The zero-order valence-electron chi connectivity index (χ0n) is 17.0. The van der Waals surface area contributed by atoms with E-state index < -0.39 is 0 Å². The van der Waals surface area contributed by atoms with Crippen molar-refractivity contribution in [1.82, 2.24) is 25.4 Å². The van der Waals surface area contributed by atoms with Crippen LogP contribution in [-0.2, 0) is 11.2 Å². The van der Waals surface area contributed by atoms with Gasteiger partial charge in [-0.15, -0.1) is 0 Å². The van der Waals surface area contributed by atoms with Crippen molar-refractivity contribution in [3.63, 3.8) is 0 Å². The largest absolute Gasteiger partial charge is 0.342 e. The van der Waals surface area contributed by atoms with Crippen LogP contribution in [0, 0.1) is 12.3 Å². The van der Waals surface area contributed by atoms with Crippen molar-refractivity contribution in [1.29, 1.82) is 0 Å². The highest BCUT2D eigenvalue weighted by atomic mass is 35.5. The van der Waals surface area contributed by atoms with Crippen molar-refractivity contribution >= 4 is 29.1 Å². The van der Waals surface area contributed by atoms with E-state index >= 15 is 0 Å². The molecule has 3 heterocycles. The lowest BCUT2D eigenvalue weighted by Crippen LogP contribution is -2.48. The van der Waals surface area contributed by atoms with Gasteiger partial charge in [-0.2, -0.15) is 4.98 Å². The van der Waals surface area contributed by atoms with Gasteiger partial charge in [-0.3, -0.25) is 4.79 Å². The van der Waals surface area contributed by atoms with Crippen molar-refractivity contribution < 1.29 is 13.9 Å². The molecule has 10 heteroatoms. The van der Waals surface area contributed by atoms with Gasteiger partial charge in [-0.25, -0.2) is 4.63 Å². The maximum Gasteiger partial charge on any atom is 0.230 e. The minimum atomic E-state index is 0.0766. The number of carbonyl (C=O) groups is 1. The first-order valence-electron chi connectivity index (χ1n) is 10.3. The number of piperidine rings is 1. The summed E-state index contributed by atoms with van der Waals surface area (Å²) in [7, 11) is 0. The van der Waals surface area contributed by atoms with Gasteiger partial charge in [0.25, 0.3) is 0 Å². The van der Waals surface area contributed by atoms with Crippen LogP contribution in [0.15, 0.2) is 27.4 Å². The van der Waals surface area contributed by atoms with Gasteiger partial charge in [0.15, 0.2) is 0 Å². The summed E-state index contributed by atoms with van der Waals surface area (Å²) in [5.41, 5.74) is 2.32. The zero-order chi connectivity index (χ0) is 21.6. The molecule has 2 aliphatic rings. The lowest BCUT2D eigenvalue weighted by atomic mass is 9.57. The smallest absolute Gasteiger partial charge is 0.230 e. The van der Waals surface area contributed by atoms with Crippen LogP contribution in [0.25, 0.3) is 11.4 Å². The number of halogens is 2. The second-order valence-corrected chi connectivity index (χ2v) is 9.36. The number of rotatable bonds is 4. The number of nitrogens with zero attached hydrogens (tertiary/aromatic N) is 5. The van der Waals surface area contributed by atoms with Gasteiger partial charge in [-0.1, -0.05) is 38.7 Å². The number of hydrogen-bond acceptors (Lipinski definition) is 7. The Balaban J connectivity index is 1.16. The SMILES string of the molecule is Cc1nonc1CC(=O)N1CCC2(CC1)CC(c1nc(-c3ccc(Cl)c(Cl)c3)no1)C2. The maximum atomic E-state index is 12.6. The molecule has 1 saturated heterocycles. The second kappa shape index (κ2) is 7.91. The topological polar surface area (TPSA) is 98.2 Å². The fourth-order valence-electron chi connectivity index (χ4n) is 4.62. The Morgan fingerprint density at radius 2 is 1.94 bits per heavy atom. The highest BCUT2D eigenvalue weighted by Crippen LogP contribution is 2.56. The fourth-order valence-corrected chi connectivity index (χ4v) is 4.92. The monoisotopic (exact) mass is 461 g/mol. The number of aryl methyl sites for hydroxylation is 1. The van der Waals surface area contributed by atoms with Crippen LogP contribution in [0.3, 0.4) is 0 Å². The first-order valence-corrected chi connectivity index (χ1v) is 11.0. The Hall–Kier alpha value is -2.45. The zero-order valence-corrected chi connectivity index (χ0v) is 18.5. The Morgan fingerprint density at radius 1 is 1.16 bits per heavy atom. The van der Waals surface area contributed by atoms with Gasteiger partial charge < -0.3 is 9.42 Å². The third kappa shape index (κ3) is 3.94. The summed E-state index contributed by atoms with van der Waals surface area (Å²) in [6.45, 7) is 3.31. The highest BCUT2D eigenvalue weighted by molar-refractivity contribution is 6.42. The quantitative estimate of drug-likeness (QED) is 0.565. The molecule has 1 spiro atoms. The molecule has 8 nitrogen and oxygen atoms in total. The van der Waals surface area contributed by atoms with E-state index in [9.17, 15) is 4.79 Å². The minimum Gasteiger partial charge on any atom is -0.342 e. The first kappa shape index (κ1) is 20.5. The molecule has 3 aromatic rings. The molecule has 1 aliphatic carbocycles. The van der Waals surface area contributed by atoms with E-state index in [-0.39, 0.29) is 23.7 Å².